The standard InChI is InChI=1S/C49H68N12O11/c50-49(51)53-19-6-12-35-43(67)52-18-7-13-36(58-44(68)37(56-26-42(65)66)20-28-8-2-1-3-9-28)48(72)61-27-31(54-25-41(63)64)23-40(61)47(71)60-38(21-29-14-16-32(62)17-15-29)45(69)59-39(46(70)57-35)22-30-24-55-34-11-5-4-10-33(30)34/h1-5,8-11,24,29,31-32,35-40,54-56,62H,6-7,12-23,25-27H2,(H,52,67)(H,57,70)(H,58,68)(H,59,69)(H,60,71)(H,63,64)(H,65,66)(H4,50,51,53)/t29?,31-,32?,35-,36-,37-,38+,39-,40-/m0/s1. The third-order valence-electron chi connectivity index (χ3n) is 13.4. The maximum atomic E-state index is 15.0. The number of nitrogens with two attached hydrogens (primary N) is 2. The molecule has 6 rings (SSSR count). The van der Waals surface area contributed by atoms with Gasteiger partial charge in [-0.25, -0.2) is 0 Å². The summed E-state index contributed by atoms with van der Waals surface area (Å²) in [6, 6.07) is 8.07. The van der Waals surface area contributed by atoms with Crippen LogP contribution in [-0.2, 0) is 51.2 Å². The van der Waals surface area contributed by atoms with Crippen LogP contribution in [0.1, 0.15) is 75.3 Å². The van der Waals surface area contributed by atoms with Crippen molar-refractivity contribution in [2.45, 2.75) is 125 Å². The van der Waals surface area contributed by atoms with Crippen LogP contribution in [0.25, 0.3) is 10.9 Å². The van der Waals surface area contributed by atoms with E-state index in [4.69, 9.17) is 11.5 Å². The van der Waals surface area contributed by atoms with E-state index in [1.165, 1.54) is 4.90 Å². The maximum Gasteiger partial charge on any atom is 0.317 e. The van der Waals surface area contributed by atoms with Crippen LogP contribution in [0, 0.1) is 5.92 Å². The highest BCUT2D eigenvalue weighted by molar-refractivity contribution is 5.97. The molecule has 1 saturated carbocycles. The molecule has 0 unspecified atom stereocenters. The van der Waals surface area contributed by atoms with Gasteiger partial charge in [0.25, 0.3) is 0 Å². The van der Waals surface area contributed by atoms with Crippen molar-refractivity contribution < 1.29 is 53.7 Å². The fourth-order valence-electron chi connectivity index (χ4n) is 9.66. The van der Waals surface area contributed by atoms with E-state index in [1.807, 2.05) is 24.3 Å². The molecule has 23 nitrogen and oxygen atoms in total. The highest BCUT2D eigenvalue weighted by atomic mass is 16.4. The third-order valence-corrected chi connectivity index (χ3v) is 13.4. The number of carboxylic acids is 2. The molecule has 7 atom stereocenters. The van der Waals surface area contributed by atoms with Gasteiger partial charge in [-0.05, 0) is 93.7 Å². The summed E-state index contributed by atoms with van der Waals surface area (Å²) < 4.78 is 0. The van der Waals surface area contributed by atoms with Crippen LogP contribution < -0.4 is 48.7 Å². The molecule has 2 saturated heterocycles. The van der Waals surface area contributed by atoms with Gasteiger partial charge in [-0.1, -0.05) is 48.5 Å². The summed E-state index contributed by atoms with van der Waals surface area (Å²) in [5.74, 6) is -6.85. The van der Waals surface area contributed by atoms with Gasteiger partial charge in [-0.3, -0.25) is 48.7 Å². The largest absolute Gasteiger partial charge is 0.480 e. The zero-order chi connectivity index (χ0) is 51.7. The van der Waals surface area contributed by atoms with Crippen molar-refractivity contribution >= 4 is 64.2 Å². The number of aliphatic hydroxyl groups excluding tert-OH is 1. The molecular formula is C49H68N12O11. The Morgan fingerprint density at radius 3 is 2.21 bits per heavy atom. The molecule has 1 aromatic heterocycles. The molecule has 1 aliphatic carbocycles. The summed E-state index contributed by atoms with van der Waals surface area (Å²) in [6.07, 6.45) is 3.64. The summed E-state index contributed by atoms with van der Waals surface area (Å²) in [6.45, 7) is -1.15. The summed E-state index contributed by atoms with van der Waals surface area (Å²) in [5, 5.41) is 50.0. The van der Waals surface area contributed by atoms with Crippen LogP contribution in [0.4, 0.5) is 0 Å². The fraction of sp³-hybridized carbons (Fsp3) is 0.531. The van der Waals surface area contributed by atoms with Crippen LogP contribution in [0.15, 0.2) is 65.8 Å². The number of benzene rings is 2. The molecular weight excluding hydrogens is 933 g/mol. The topological polar surface area (TPSA) is 365 Å². The minimum Gasteiger partial charge on any atom is -0.480 e. The number of hydrogen-bond donors (Lipinski definition) is 13. The number of rotatable bonds is 18. The summed E-state index contributed by atoms with van der Waals surface area (Å²) in [5.41, 5.74) is 13.3. The number of guanidine groups is 1. The Hall–Kier alpha value is -7.11. The lowest BCUT2D eigenvalue weighted by molar-refractivity contribution is -0.143. The first-order chi connectivity index (χ1) is 34.5. The number of H-pyrrole nitrogens is 1. The first-order valence-corrected chi connectivity index (χ1v) is 24.6. The van der Waals surface area contributed by atoms with Crippen molar-refractivity contribution in [1.82, 2.24) is 47.1 Å². The van der Waals surface area contributed by atoms with Gasteiger partial charge in [-0.15, -0.1) is 0 Å². The maximum absolute atomic E-state index is 15.0. The van der Waals surface area contributed by atoms with E-state index < -0.39 is 109 Å². The SMILES string of the molecule is NC(N)=NCCC[C@@H]1NC(=O)[C@H](Cc2c[nH]c3ccccc23)NC(=O)[C@@H](CC2CCC(O)CC2)NC(=O)[C@@H]2C[C@H](NCC(=O)O)CN2C(=O)[C@@H](NC(=O)[C@H](Cc2ccccc2)NCC(=O)O)CCCNC1=O. The molecule has 72 heavy (non-hydrogen) atoms. The van der Waals surface area contributed by atoms with Gasteiger partial charge in [0.2, 0.25) is 35.4 Å². The molecule has 3 heterocycles. The van der Waals surface area contributed by atoms with E-state index in [0.29, 0.717) is 36.8 Å². The number of carboxylic acid groups (broad SMARTS) is 2. The van der Waals surface area contributed by atoms with Gasteiger partial charge in [0.1, 0.15) is 30.2 Å². The zero-order valence-electron chi connectivity index (χ0n) is 40.1. The van der Waals surface area contributed by atoms with E-state index in [-0.39, 0.29) is 82.9 Å². The molecule has 6 amide bonds. The first-order valence-electron chi connectivity index (χ1n) is 24.6. The second-order valence-electron chi connectivity index (χ2n) is 18.8. The number of hydrogen-bond acceptors (Lipinski definition) is 12. The number of nitrogens with one attached hydrogen (secondary N) is 8. The number of amides is 6. The Balaban J connectivity index is 1.37. The van der Waals surface area contributed by atoms with E-state index in [9.17, 15) is 53.7 Å². The van der Waals surface area contributed by atoms with Crippen LogP contribution in [0.3, 0.4) is 0 Å². The predicted octanol–water partition coefficient (Wildman–Crippen LogP) is -1.52. The monoisotopic (exact) mass is 1000 g/mol. The number of aromatic nitrogens is 1. The molecule has 3 fully saturated rings. The number of aromatic amines is 1. The van der Waals surface area contributed by atoms with Crippen LogP contribution in [-0.4, -0.2) is 160 Å². The lowest BCUT2D eigenvalue weighted by Gasteiger charge is -2.33. The zero-order valence-corrected chi connectivity index (χ0v) is 40.1. The van der Waals surface area contributed by atoms with Gasteiger partial charge >= 0.3 is 11.9 Å². The molecule has 0 bridgehead atoms. The fourth-order valence-corrected chi connectivity index (χ4v) is 9.66. The summed E-state index contributed by atoms with van der Waals surface area (Å²) >= 11 is 0. The first kappa shape index (κ1) is 54.2. The number of para-hydroxylation sites is 1. The summed E-state index contributed by atoms with van der Waals surface area (Å²) in [4.78, 5) is 119. The Morgan fingerprint density at radius 1 is 0.806 bits per heavy atom. The number of aliphatic hydroxyl groups is 1. The normalized spacial score (nSPS) is 25.1. The number of carbonyl (C=O) groups is 8. The molecule has 2 aromatic carbocycles. The third kappa shape index (κ3) is 16.0. The average molecular weight is 1000 g/mol. The van der Waals surface area contributed by atoms with Crippen molar-refractivity contribution in [2.24, 2.45) is 22.4 Å². The highest BCUT2D eigenvalue weighted by Gasteiger charge is 2.44. The minimum absolute atomic E-state index is 0.0206. The number of fused-ring (bicyclic) bond motifs is 2. The Bertz CT molecular complexity index is 2410. The number of nitrogens with zero attached hydrogens (tertiary/aromatic N) is 2. The van der Waals surface area contributed by atoms with Crippen molar-refractivity contribution in [3.8, 4) is 0 Å². The smallest absolute Gasteiger partial charge is 0.317 e. The van der Waals surface area contributed by atoms with Crippen LogP contribution in [0.2, 0.25) is 0 Å². The Morgan fingerprint density at radius 2 is 1.49 bits per heavy atom. The Labute approximate surface area is 416 Å². The average Bonchev–Trinajstić information content (AvgIpc) is 3.98. The van der Waals surface area contributed by atoms with Gasteiger partial charge in [-0.2, -0.15) is 0 Å². The van der Waals surface area contributed by atoms with Gasteiger partial charge in [0, 0.05) is 49.2 Å². The molecule has 15 N–H and O–H groups in total. The minimum atomic E-state index is -1.35. The number of aliphatic carboxylic acids is 2. The lowest BCUT2D eigenvalue weighted by atomic mass is 9.83. The lowest BCUT2D eigenvalue weighted by Crippen LogP contribution is -2.60. The van der Waals surface area contributed by atoms with Gasteiger partial charge < -0.3 is 68.6 Å². The van der Waals surface area contributed by atoms with Crippen LogP contribution >= 0.6 is 0 Å². The van der Waals surface area contributed by atoms with E-state index in [2.05, 4.69) is 47.2 Å². The van der Waals surface area contributed by atoms with Gasteiger partial charge in [0.05, 0.1) is 25.2 Å². The number of carbonyl (C=O) groups excluding carboxylic acids is 6. The molecule has 2 aliphatic heterocycles. The molecule has 390 valence electrons. The van der Waals surface area contributed by atoms with Crippen molar-refractivity contribution in [3.05, 3.63) is 71.9 Å². The van der Waals surface area contributed by atoms with Crippen LogP contribution in [0.5, 0.6) is 0 Å². The molecule has 3 aliphatic rings. The van der Waals surface area contributed by atoms with E-state index in [0.717, 1.165) is 10.9 Å². The second-order valence-corrected chi connectivity index (χ2v) is 18.8. The molecule has 0 radical (unpaired) electrons. The van der Waals surface area contributed by atoms with Crippen molar-refractivity contribution in [1.29, 1.82) is 0 Å². The number of aliphatic imine (C=N–C) groups is 1. The Kier molecular flexibility index (Phi) is 19.9. The molecule has 23 heteroatoms. The molecule has 3 aromatic rings. The van der Waals surface area contributed by atoms with E-state index in [1.54, 1.807) is 36.5 Å². The second kappa shape index (κ2) is 26.4. The van der Waals surface area contributed by atoms with Crippen molar-refractivity contribution in [3.63, 3.8) is 0 Å². The quantitative estimate of drug-likeness (QED) is 0.0391. The summed E-state index contributed by atoms with van der Waals surface area (Å²) in [7, 11) is 0. The molecule has 0 spiro atoms. The highest BCUT2D eigenvalue weighted by Crippen LogP contribution is 2.29. The van der Waals surface area contributed by atoms with Gasteiger partial charge in [0.15, 0.2) is 5.96 Å². The van der Waals surface area contributed by atoms with Crippen molar-refractivity contribution in [2.75, 3.05) is 32.7 Å². The predicted molar refractivity (Wildman–Crippen MR) is 264 cm³/mol. The van der Waals surface area contributed by atoms with E-state index >= 15 is 0 Å².